The lowest BCUT2D eigenvalue weighted by Gasteiger charge is -2.08. The minimum absolute atomic E-state index is 0.120. The Kier molecular flexibility index (Phi) is 1.83. The third-order valence-corrected chi connectivity index (χ3v) is 2.29. The van der Waals surface area contributed by atoms with Gasteiger partial charge in [0, 0.05) is 11.8 Å². The summed E-state index contributed by atoms with van der Waals surface area (Å²) in [5, 5.41) is 1.07. The Morgan fingerprint density at radius 1 is 1.23 bits per heavy atom. The maximum atomic E-state index is 13.4. The molecule has 0 aliphatic heterocycles. The molecule has 0 fully saturated rings. The molecule has 0 amide bonds. The third kappa shape index (κ3) is 1.22. The van der Waals surface area contributed by atoms with Gasteiger partial charge in [-0.25, -0.2) is 4.39 Å². The fourth-order valence-electron chi connectivity index (χ4n) is 1.69. The highest BCUT2D eigenvalue weighted by Crippen LogP contribution is 2.26. The third-order valence-electron chi connectivity index (χ3n) is 2.29. The van der Waals surface area contributed by atoms with Crippen LogP contribution < -0.4 is 0 Å². The van der Waals surface area contributed by atoms with Crippen LogP contribution >= 0.6 is 0 Å². The van der Waals surface area contributed by atoms with Gasteiger partial charge in [0.1, 0.15) is 5.82 Å². The summed E-state index contributed by atoms with van der Waals surface area (Å²) in [5.41, 5.74) is 1.71. The molecule has 0 bridgehead atoms. The number of fused-ring (bicyclic) bond motifs is 1. The Morgan fingerprint density at radius 3 is 2.69 bits per heavy atom. The van der Waals surface area contributed by atoms with E-state index in [9.17, 15) is 4.39 Å². The van der Waals surface area contributed by atoms with E-state index in [0.717, 1.165) is 16.5 Å². The van der Waals surface area contributed by atoms with Crippen molar-refractivity contribution in [1.29, 1.82) is 0 Å². The SMILES string of the molecule is CC(C)c1c(F)ccc2cc[nH]c12. The van der Waals surface area contributed by atoms with Crippen molar-refractivity contribution in [2.24, 2.45) is 0 Å². The second-order valence-electron chi connectivity index (χ2n) is 3.56. The second-order valence-corrected chi connectivity index (χ2v) is 3.56. The summed E-state index contributed by atoms with van der Waals surface area (Å²) in [5.74, 6) is 0.0901. The van der Waals surface area contributed by atoms with E-state index in [1.807, 2.05) is 26.1 Å². The molecule has 2 rings (SSSR count). The summed E-state index contributed by atoms with van der Waals surface area (Å²) in [7, 11) is 0. The van der Waals surface area contributed by atoms with Crippen molar-refractivity contribution in [3.05, 3.63) is 35.8 Å². The van der Waals surface area contributed by atoms with Crippen LogP contribution in [-0.4, -0.2) is 4.98 Å². The average molecular weight is 177 g/mol. The standard InChI is InChI=1S/C11H12FN/c1-7(2)10-9(12)4-3-8-5-6-13-11(8)10/h3-7,13H,1-2H3. The monoisotopic (exact) mass is 177 g/mol. The van der Waals surface area contributed by atoms with Gasteiger partial charge in [-0.3, -0.25) is 0 Å². The number of nitrogens with one attached hydrogen (secondary N) is 1. The van der Waals surface area contributed by atoms with Gasteiger partial charge < -0.3 is 4.98 Å². The van der Waals surface area contributed by atoms with Gasteiger partial charge in [-0.1, -0.05) is 13.8 Å². The van der Waals surface area contributed by atoms with Crippen LogP contribution in [0.5, 0.6) is 0 Å². The zero-order chi connectivity index (χ0) is 9.42. The molecule has 2 heteroatoms. The summed E-state index contributed by atoms with van der Waals surface area (Å²) in [6.07, 6.45) is 1.84. The van der Waals surface area contributed by atoms with Crippen LogP contribution in [0, 0.1) is 5.82 Å². The lowest BCUT2D eigenvalue weighted by atomic mass is 10.0. The number of aromatic nitrogens is 1. The van der Waals surface area contributed by atoms with Crippen molar-refractivity contribution in [2.45, 2.75) is 19.8 Å². The topological polar surface area (TPSA) is 15.8 Å². The van der Waals surface area contributed by atoms with Crippen LogP contribution in [0.25, 0.3) is 10.9 Å². The van der Waals surface area contributed by atoms with Crippen molar-refractivity contribution < 1.29 is 4.39 Å². The summed E-state index contributed by atoms with van der Waals surface area (Å²) in [4.78, 5) is 3.07. The van der Waals surface area contributed by atoms with E-state index in [-0.39, 0.29) is 11.7 Å². The Hall–Kier alpha value is -1.31. The molecule has 0 saturated heterocycles. The van der Waals surface area contributed by atoms with E-state index in [4.69, 9.17) is 0 Å². The summed E-state index contributed by atoms with van der Waals surface area (Å²) < 4.78 is 13.4. The Morgan fingerprint density at radius 2 is 2.00 bits per heavy atom. The fraction of sp³-hybridized carbons (Fsp3) is 0.273. The molecule has 1 N–H and O–H groups in total. The number of halogens is 1. The van der Waals surface area contributed by atoms with Gasteiger partial charge in [0.05, 0.1) is 5.52 Å². The maximum absolute atomic E-state index is 13.4. The summed E-state index contributed by atoms with van der Waals surface area (Å²) in [6.45, 7) is 4.00. The van der Waals surface area contributed by atoms with Gasteiger partial charge >= 0.3 is 0 Å². The van der Waals surface area contributed by atoms with E-state index in [1.165, 1.54) is 6.07 Å². The van der Waals surface area contributed by atoms with E-state index in [1.54, 1.807) is 6.07 Å². The first-order chi connectivity index (χ1) is 6.20. The summed E-state index contributed by atoms with van der Waals surface area (Å²) >= 11 is 0. The molecule has 0 unspecified atom stereocenters. The molecular weight excluding hydrogens is 165 g/mol. The van der Waals surface area contributed by atoms with Gasteiger partial charge in [-0.2, -0.15) is 0 Å². The Balaban J connectivity index is 2.80. The quantitative estimate of drug-likeness (QED) is 0.686. The molecule has 0 radical (unpaired) electrons. The number of H-pyrrole nitrogens is 1. The van der Waals surface area contributed by atoms with E-state index in [2.05, 4.69) is 4.98 Å². The van der Waals surface area contributed by atoms with E-state index in [0.29, 0.717) is 0 Å². The van der Waals surface area contributed by atoms with Gasteiger partial charge in [0.25, 0.3) is 0 Å². The first-order valence-corrected chi connectivity index (χ1v) is 4.45. The molecule has 0 atom stereocenters. The van der Waals surface area contributed by atoms with Crippen LogP contribution in [0.1, 0.15) is 25.3 Å². The van der Waals surface area contributed by atoms with Crippen molar-refractivity contribution in [2.75, 3.05) is 0 Å². The largest absolute Gasteiger partial charge is 0.361 e. The molecule has 1 aromatic heterocycles. The minimum Gasteiger partial charge on any atom is -0.361 e. The lowest BCUT2D eigenvalue weighted by Crippen LogP contribution is -1.94. The first-order valence-electron chi connectivity index (χ1n) is 4.45. The van der Waals surface area contributed by atoms with Crippen LogP contribution in [0.15, 0.2) is 24.4 Å². The predicted octanol–water partition coefficient (Wildman–Crippen LogP) is 3.43. The molecule has 68 valence electrons. The number of hydrogen-bond donors (Lipinski definition) is 1. The van der Waals surface area contributed by atoms with Crippen LogP contribution in [-0.2, 0) is 0 Å². The summed E-state index contributed by atoms with van der Waals surface area (Å²) in [6, 6.07) is 5.29. The highest BCUT2D eigenvalue weighted by Gasteiger charge is 2.11. The molecule has 1 aromatic carbocycles. The van der Waals surface area contributed by atoms with Crippen molar-refractivity contribution in [3.63, 3.8) is 0 Å². The fourth-order valence-corrected chi connectivity index (χ4v) is 1.69. The zero-order valence-corrected chi connectivity index (χ0v) is 7.76. The molecule has 1 nitrogen and oxygen atoms in total. The van der Waals surface area contributed by atoms with Crippen molar-refractivity contribution in [1.82, 2.24) is 4.98 Å². The van der Waals surface area contributed by atoms with Crippen LogP contribution in [0.4, 0.5) is 4.39 Å². The molecule has 1 heterocycles. The predicted molar refractivity (Wildman–Crippen MR) is 52.3 cm³/mol. The second kappa shape index (κ2) is 2.87. The van der Waals surface area contributed by atoms with E-state index >= 15 is 0 Å². The minimum atomic E-state index is -0.120. The van der Waals surface area contributed by atoms with Gasteiger partial charge in [0.2, 0.25) is 0 Å². The number of benzene rings is 1. The zero-order valence-electron chi connectivity index (χ0n) is 7.76. The average Bonchev–Trinajstić information content (AvgIpc) is 2.50. The molecule has 13 heavy (non-hydrogen) atoms. The number of rotatable bonds is 1. The van der Waals surface area contributed by atoms with Crippen molar-refractivity contribution >= 4 is 10.9 Å². The van der Waals surface area contributed by atoms with Crippen LogP contribution in [0.2, 0.25) is 0 Å². The highest BCUT2D eigenvalue weighted by atomic mass is 19.1. The molecule has 0 spiro atoms. The van der Waals surface area contributed by atoms with Crippen LogP contribution in [0.3, 0.4) is 0 Å². The highest BCUT2D eigenvalue weighted by molar-refractivity contribution is 5.83. The number of hydrogen-bond acceptors (Lipinski definition) is 0. The Bertz CT molecular complexity index is 429. The molecule has 0 aliphatic carbocycles. The first kappa shape index (κ1) is 8.30. The van der Waals surface area contributed by atoms with Gasteiger partial charge in [0.15, 0.2) is 0 Å². The Labute approximate surface area is 76.6 Å². The van der Waals surface area contributed by atoms with Gasteiger partial charge in [-0.15, -0.1) is 0 Å². The lowest BCUT2D eigenvalue weighted by molar-refractivity contribution is 0.601. The maximum Gasteiger partial charge on any atom is 0.128 e. The smallest absolute Gasteiger partial charge is 0.128 e. The molecular formula is C11H12FN. The molecule has 0 saturated carbocycles. The van der Waals surface area contributed by atoms with Crippen molar-refractivity contribution in [3.8, 4) is 0 Å². The molecule has 0 aliphatic rings. The molecule has 2 aromatic rings. The normalized spacial score (nSPS) is 11.4. The van der Waals surface area contributed by atoms with E-state index < -0.39 is 0 Å². The van der Waals surface area contributed by atoms with Gasteiger partial charge in [-0.05, 0) is 29.5 Å². The number of aromatic amines is 1.